The first-order valence-electron chi connectivity index (χ1n) is 9.63. The summed E-state index contributed by atoms with van der Waals surface area (Å²) < 4.78 is 8.20. The molecule has 0 spiro atoms. The summed E-state index contributed by atoms with van der Waals surface area (Å²) in [5.41, 5.74) is 6.14. The molecule has 5 rings (SSSR count). The molecule has 3 aromatic carbocycles. The summed E-state index contributed by atoms with van der Waals surface area (Å²) in [7, 11) is 0. The lowest BCUT2D eigenvalue weighted by Gasteiger charge is -2.09. The molecule has 0 unspecified atom stereocenters. The SMILES string of the molecule is Cc1cccc(OCCCn2c3ccccc3c3nc4ccccc4nc32)c1. The van der Waals surface area contributed by atoms with Crippen LogP contribution in [0.15, 0.2) is 72.8 Å². The zero-order valence-corrected chi connectivity index (χ0v) is 15.8. The molecule has 0 aliphatic heterocycles. The van der Waals surface area contributed by atoms with Gasteiger partial charge in [-0.1, -0.05) is 42.5 Å². The molecule has 0 radical (unpaired) electrons. The minimum atomic E-state index is 0.665. The number of hydrogen-bond acceptors (Lipinski definition) is 3. The first kappa shape index (κ1) is 16.8. The molecule has 2 heterocycles. The van der Waals surface area contributed by atoms with E-state index >= 15 is 0 Å². The molecule has 2 aromatic heterocycles. The zero-order chi connectivity index (χ0) is 18.9. The summed E-state index contributed by atoms with van der Waals surface area (Å²) in [5.74, 6) is 0.924. The Morgan fingerprint density at radius 1 is 0.857 bits per heavy atom. The number of rotatable bonds is 5. The molecular formula is C24H21N3O. The quantitative estimate of drug-likeness (QED) is 0.384. The zero-order valence-electron chi connectivity index (χ0n) is 15.8. The van der Waals surface area contributed by atoms with Gasteiger partial charge in [-0.2, -0.15) is 0 Å². The summed E-state index contributed by atoms with van der Waals surface area (Å²) in [6, 6.07) is 24.6. The van der Waals surface area contributed by atoms with E-state index in [0.29, 0.717) is 6.61 Å². The maximum atomic E-state index is 5.93. The van der Waals surface area contributed by atoms with Gasteiger partial charge in [0.1, 0.15) is 11.3 Å². The van der Waals surface area contributed by atoms with Crippen LogP contribution in [0.4, 0.5) is 0 Å². The van der Waals surface area contributed by atoms with E-state index in [1.807, 2.05) is 36.4 Å². The van der Waals surface area contributed by atoms with E-state index in [1.54, 1.807) is 0 Å². The van der Waals surface area contributed by atoms with Crippen LogP contribution in [-0.4, -0.2) is 21.1 Å². The normalized spacial score (nSPS) is 11.5. The molecule has 0 fully saturated rings. The number of nitrogens with zero attached hydrogens (tertiary/aromatic N) is 3. The Morgan fingerprint density at radius 3 is 2.50 bits per heavy atom. The molecule has 0 N–H and O–H groups in total. The number of aromatic nitrogens is 3. The van der Waals surface area contributed by atoms with Crippen molar-refractivity contribution in [3.63, 3.8) is 0 Å². The lowest BCUT2D eigenvalue weighted by molar-refractivity contribution is 0.303. The van der Waals surface area contributed by atoms with Gasteiger partial charge in [-0.3, -0.25) is 0 Å². The highest BCUT2D eigenvalue weighted by atomic mass is 16.5. The van der Waals surface area contributed by atoms with Gasteiger partial charge in [0.25, 0.3) is 0 Å². The highest BCUT2D eigenvalue weighted by Gasteiger charge is 2.13. The van der Waals surface area contributed by atoms with Gasteiger partial charge in [0.05, 0.1) is 23.2 Å². The lowest BCUT2D eigenvalue weighted by atomic mass is 10.2. The van der Waals surface area contributed by atoms with Crippen molar-refractivity contribution in [1.29, 1.82) is 0 Å². The second-order valence-corrected chi connectivity index (χ2v) is 7.07. The highest BCUT2D eigenvalue weighted by molar-refractivity contribution is 6.06. The van der Waals surface area contributed by atoms with Crippen molar-refractivity contribution in [2.75, 3.05) is 6.61 Å². The maximum absolute atomic E-state index is 5.93. The molecule has 0 atom stereocenters. The first-order valence-corrected chi connectivity index (χ1v) is 9.63. The van der Waals surface area contributed by atoms with Crippen molar-refractivity contribution in [3.05, 3.63) is 78.4 Å². The second kappa shape index (κ2) is 6.97. The van der Waals surface area contributed by atoms with Gasteiger partial charge in [0.15, 0.2) is 5.65 Å². The van der Waals surface area contributed by atoms with Crippen LogP contribution in [0, 0.1) is 6.92 Å². The first-order chi connectivity index (χ1) is 13.8. The number of hydrogen-bond donors (Lipinski definition) is 0. The topological polar surface area (TPSA) is 39.9 Å². The van der Waals surface area contributed by atoms with Crippen LogP contribution < -0.4 is 4.74 Å². The van der Waals surface area contributed by atoms with E-state index in [0.717, 1.165) is 46.3 Å². The molecule has 5 aromatic rings. The summed E-state index contributed by atoms with van der Waals surface area (Å²) in [5, 5.41) is 1.15. The van der Waals surface area contributed by atoms with Crippen molar-refractivity contribution in [2.24, 2.45) is 0 Å². The van der Waals surface area contributed by atoms with Crippen molar-refractivity contribution in [2.45, 2.75) is 19.9 Å². The van der Waals surface area contributed by atoms with Crippen LogP contribution in [0.5, 0.6) is 5.75 Å². The minimum absolute atomic E-state index is 0.665. The second-order valence-electron chi connectivity index (χ2n) is 7.07. The van der Waals surface area contributed by atoms with Gasteiger partial charge in [-0.25, -0.2) is 9.97 Å². The van der Waals surface area contributed by atoms with E-state index in [9.17, 15) is 0 Å². The molecule has 0 aliphatic rings. The van der Waals surface area contributed by atoms with Gasteiger partial charge in [0, 0.05) is 11.9 Å². The number of ether oxygens (including phenoxy) is 1. The Bertz CT molecular complexity index is 1290. The average molecular weight is 367 g/mol. The molecule has 0 bridgehead atoms. The Balaban J connectivity index is 1.47. The van der Waals surface area contributed by atoms with E-state index < -0.39 is 0 Å². The van der Waals surface area contributed by atoms with E-state index in [2.05, 4.69) is 47.9 Å². The summed E-state index contributed by atoms with van der Waals surface area (Å²) in [6.07, 6.45) is 0.899. The smallest absolute Gasteiger partial charge is 0.160 e. The van der Waals surface area contributed by atoms with Crippen LogP contribution in [0.25, 0.3) is 33.1 Å². The third-order valence-electron chi connectivity index (χ3n) is 5.04. The molecule has 138 valence electrons. The molecule has 0 saturated heterocycles. The third-order valence-corrected chi connectivity index (χ3v) is 5.04. The van der Waals surface area contributed by atoms with Crippen molar-refractivity contribution < 1.29 is 4.74 Å². The molecule has 4 heteroatoms. The van der Waals surface area contributed by atoms with E-state index in [-0.39, 0.29) is 0 Å². The fraction of sp³-hybridized carbons (Fsp3) is 0.167. The molecule has 0 amide bonds. The van der Waals surface area contributed by atoms with Gasteiger partial charge in [-0.05, 0) is 49.2 Å². The van der Waals surface area contributed by atoms with Crippen molar-refractivity contribution >= 4 is 33.1 Å². The van der Waals surface area contributed by atoms with Crippen LogP contribution in [0.2, 0.25) is 0 Å². The fourth-order valence-corrected chi connectivity index (χ4v) is 3.73. The summed E-state index contributed by atoms with van der Waals surface area (Å²) >= 11 is 0. The van der Waals surface area contributed by atoms with E-state index in [1.165, 1.54) is 11.1 Å². The molecule has 0 aliphatic carbocycles. The predicted molar refractivity (Wildman–Crippen MR) is 114 cm³/mol. The van der Waals surface area contributed by atoms with Crippen LogP contribution in [0.3, 0.4) is 0 Å². The predicted octanol–water partition coefficient (Wildman–Crippen LogP) is 5.52. The number of para-hydroxylation sites is 3. The van der Waals surface area contributed by atoms with Crippen LogP contribution >= 0.6 is 0 Å². The van der Waals surface area contributed by atoms with Gasteiger partial charge in [-0.15, -0.1) is 0 Å². The summed E-state index contributed by atoms with van der Waals surface area (Å²) in [4.78, 5) is 9.82. The average Bonchev–Trinajstić information content (AvgIpc) is 3.02. The maximum Gasteiger partial charge on any atom is 0.160 e. The standard InChI is InChI=1S/C24H21N3O/c1-17-8-6-9-18(16-17)28-15-7-14-27-22-13-5-2-10-19(22)23-24(27)26-21-12-4-3-11-20(21)25-23/h2-6,8-13,16H,7,14-15H2,1H3. The third kappa shape index (κ3) is 2.97. The molecule has 0 saturated carbocycles. The monoisotopic (exact) mass is 367 g/mol. The van der Waals surface area contributed by atoms with E-state index in [4.69, 9.17) is 14.7 Å². The minimum Gasteiger partial charge on any atom is -0.494 e. The van der Waals surface area contributed by atoms with Gasteiger partial charge in [0.2, 0.25) is 0 Å². The number of aryl methyl sites for hydroxylation is 2. The van der Waals surface area contributed by atoms with Crippen molar-refractivity contribution in [3.8, 4) is 5.75 Å². The Labute approximate surface area is 163 Å². The molecular weight excluding hydrogens is 346 g/mol. The van der Waals surface area contributed by atoms with Crippen LogP contribution in [-0.2, 0) is 6.54 Å². The lowest BCUT2D eigenvalue weighted by Crippen LogP contribution is -2.05. The van der Waals surface area contributed by atoms with Crippen molar-refractivity contribution in [1.82, 2.24) is 14.5 Å². The van der Waals surface area contributed by atoms with Gasteiger partial charge < -0.3 is 9.30 Å². The Morgan fingerprint density at radius 2 is 1.64 bits per heavy atom. The van der Waals surface area contributed by atoms with Crippen LogP contribution in [0.1, 0.15) is 12.0 Å². The number of fused-ring (bicyclic) bond motifs is 4. The highest BCUT2D eigenvalue weighted by Crippen LogP contribution is 2.28. The number of benzene rings is 3. The fourth-order valence-electron chi connectivity index (χ4n) is 3.73. The Hall–Kier alpha value is -3.40. The Kier molecular flexibility index (Phi) is 4.17. The summed E-state index contributed by atoms with van der Waals surface area (Å²) in [6.45, 7) is 3.58. The molecule has 4 nitrogen and oxygen atoms in total. The van der Waals surface area contributed by atoms with Gasteiger partial charge >= 0.3 is 0 Å². The molecule has 28 heavy (non-hydrogen) atoms. The largest absolute Gasteiger partial charge is 0.494 e.